The lowest BCUT2D eigenvalue weighted by Gasteiger charge is -2.23. The van der Waals surface area contributed by atoms with Crippen molar-refractivity contribution in [1.82, 2.24) is 4.90 Å². The van der Waals surface area contributed by atoms with Crippen LogP contribution in [-0.2, 0) is 4.74 Å². The van der Waals surface area contributed by atoms with E-state index in [0.29, 0.717) is 18.9 Å². The van der Waals surface area contributed by atoms with Crippen LogP contribution >= 0.6 is 11.6 Å². The summed E-state index contributed by atoms with van der Waals surface area (Å²) < 4.78 is 5.23. The first kappa shape index (κ1) is 14.6. The molecule has 1 atom stereocenters. The van der Waals surface area contributed by atoms with E-state index in [4.69, 9.17) is 21.4 Å². The Morgan fingerprint density at radius 3 is 2.80 bits per heavy atom. The number of hydrogen-bond donors (Lipinski definition) is 2. The quantitative estimate of drug-likeness (QED) is 0.897. The molecule has 6 nitrogen and oxygen atoms in total. The molecule has 1 aromatic carbocycles. The number of carboxylic acid groups (broad SMARTS) is 1. The molecule has 1 unspecified atom stereocenters. The maximum atomic E-state index is 12.1. The van der Waals surface area contributed by atoms with Crippen LogP contribution in [0.25, 0.3) is 0 Å². The van der Waals surface area contributed by atoms with Gasteiger partial charge in [0.2, 0.25) is 0 Å². The maximum absolute atomic E-state index is 12.1. The molecule has 7 heteroatoms. The van der Waals surface area contributed by atoms with Crippen LogP contribution in [0, 0.1) is 0 Å². The third-order valence-electron chi connectivity index (χ3n) is 3.23. The van der Waals surface area contributed by atoms with Crippen molar-refractivity contribution in [3.05, 3.63) is 28.8 Å². The lowest BCUT2D eigenvalue weighted by atomic mass is 10.2. The van der Waals surface area contributed by atoms with Crippen molar-refractivity contribution in [2.24, 2.45) is 0 Å². The second kappa shape index (κ2) is 6.11. The van der Waals surface area contributed by atoms with Crippen LogP contribution in [0.3, 0.4) is 0 Å². The molecule has 0 aromatic heterocycles. The van der Waals surface area contributed by atoms with Gasteiger partial charge in [-0.2, -0.15) is 0 Å². The van der Waals surface area contributed by atoms with Crippen LogP contribution in [0.4, 0.5) is 10.5 Å². The van der Waals surface area contributed by atoms with Gasteiger partial charge in [-0.3, -0.25) is 0 Å². The van der Waals surface area contributed by atoms with Crippen LogP contribution in [-0.4, -0.2) is 48.3 Å². The van der Waals surface area contributed by atoms with Gasteiger partial charge in [-0.05, 0) is 24.6 Å². The number of rotatable bonds is 3. The van der Waals surface area contributed by atoms with Gasteiger partial charge in [-0.1, -0.05) is 11.6 Å². The molecule has 1 aliphatic heterocycles. The number of hydrogen-bond acceptors (Lipinski definition) is 3. The summed E-state index contributed by atoms with van der Waals surface area (Å²) in [6.07, 6.45) is 0.801. The minimum absolute atomic E-state index is 0.0482. The summed E-state index contributed by atoms with van der Waals surface area (Å²) in [5, 5.41) is 11.7. The molecular formula is C13H15ClN2O4. The van der Waals surface area contributed by atoms with Gasteiger partial charge in [0.1, 0.15) is 0 Å². The van der Waals surface area contributed by atoms with Gasteiger partial charge >= 0.3 is 12.0 Å². The molecule has 0 aliphatic carbocycles. The van der Waals surface area contributed by atoms with E-state index in [1.54, 1.807) is 11.9 Å². The standard InChI is InChI=1S/C13H15ClN2O4/c1-16(9-4-5-20-7-9)13(19)15-11-3-2-8(12(17)18)6-10(11)14/h2-3,6,9H,4-5,7H2,1H3,(H,15,19)(H,17,18). The van der Waals surface area contributed by atoms with Crippen LogP contribution in [0.5, 0.6) is 0 Å². The molecule has 2 amide bonds. The van der Waals surface area contributed by atoms with Gasteiger partial charge < -0.3 is 20.1 Å². The molecule has 1 aromatic rings. The number of nitrogens with zero attached hydrogens (tertiary/aromatic N) is 1. The second-order valence-corrected chi connectivity index (χ2v) is 4.97. The number of halogens is 1. The summed E-state index contributed by atoms with van der Waals surface area (Å²) in [6, 6.07) is 3.92. The van der Waals surface area contributed by atoms with Gasteiger partial charge in [0, 0.05) is 13.7 Å². The van der Waals surface area contributed by atoms with Crippen molar-refractivity contribution >= 4 is 29.3 Å². The highest BCUT2D eigenvalue weighted by Crippen LogP contribution is 2.24. The Kier molecular flexibility index (Phi) is 4.46. The van der Waals surface area contributed by atoms with E-state index in [-0.39, 0.29) is 22.7 Å². The highest BCUT2D eigenvalue weighted by atomic mass is 35.5. The molecule has 1 aliphatic rings. The molecule has 0 radical (unpaired) electrons. The Bertz CT molecular complexity index is 529. The molecule has 20 heavy (non-hydrogen) atoms. The van der Waals surface area contributed by atoms with Crippen molar-refractivity contribution < 1.29 is 19.4 Å². The number of aromatic carboxylic acids is 1. The molecule has 0 bridgehead atoms. The fourth-order valence-corrected chi connectivity index (χ4v) is 2.17. The molecule has 2 rings (SSSR count). The largest absolute Gasteiger partial charge is 0.478 e. The summed E-state index contributed by atoms with van der Waals surface area (Å²) in [7, 11) is 1.69. The maximum Gasteiger partial charge on any atom is 0.335 e. The van der Waals surface area contributed by atoms with Gasteiger partial charge in [-0.15, -0.1) is 0 Å². The van der Waals surface area contributed by atoms with Gasteiger partial charge in [-0.25, -0.2) is 9.59 Å². The lowest BCUT2D eigenvalue weighted by Crippen LogP contribution is -2.40. The number of benzene rings is 1. The molecule has 108 valence electrons. The summed E-state index contributed by atoms with van der Waals surface area (Å²) in [6.45, 7) is 1.17. The predicted molar refractivity (Wildman–Crippen MR) is 74.4 cm³/mol. The third kappa shape index (κ3) is 3.20. The average Bonchev–Trinajstić information content (AvgIpc) is 2.93. The van der Waals surface area contributed by atoms with E-state index in [1.807, 2.05) is 0 Å². The minimum Gasteiger partial charge on any atom is -0.478 e. The minimum atomic E-state index is -1.06. The molecule has 1 fully saturated rings. The fourth-order valence-electron chi connectivity index (χ4n) is 1.95. The van der Waals surface area contributed by atoms with Crippen molar-refractivity contribution in [3.63, 3.8) is 0 Å². The highest BCUT2D eigenvalue weighted by molar-refractivity contribution is 6.34. The number of carbonyl (C=O) groups excluding carboxylic acids is 1. The monoisotopic (exact) mass is 298 g/mol. The number of likely N-dealkylation sites (N-methyl/N-ethyl adjacent to an activating group) is 1. The zero-order valence-electron chi connectivity index (χ0n) is 10.9. The zero-order chi connectivity index (χ0) is 14.7. The number of nitrogens with one attached hydrogen (secondary N) is 1. The fraction of sp³-hybridized carbons (Fsp3) is 0.385. The topological polar surface area (TPSA) is 78.9 Å². The van der Waals surface area contributed by atoms with Crippen LogP contribution in [0.15, 0.2) is 18.2 Å². The first-order valence-corrected chi connectivity index (χ1v) is 6.51. The van der Waals surface area contributed by atoms with Crippen molar-refractivity contribution in [2.75, 3.05) is 25.6 Å². The first-order chi connectivity index (χ1) is 9.49. The van der Waals surface area contributed by atoms with E-state index < -0.39 is 5.97 Å². The van der Waals surface area contributed by atoms with Gasteiger partial charge in [0.25, 0.3) is 0 Å². The van der Waals surface area contributed by atoms with Gasteiger partial charge in [0.05, 0.1) is 28.9 Å². The predicted octanol–water partition coefficient (Wildman–Crippen LogP) is 2.29. The van der Waals surface area contributed by atoms with E-state index >= 15 is 0 Å². The summed E-state index contributed by atoms with van der Waals surface area (Å²) >= 11 is 5.96. The summed E-state index contributed by atoms with van der Waals surface area (Å²) in [5.41, 5.74) is 0.456. The van der Waals surface area contributed by atoms with Crippen LogP contribution in [0.1, 0.15) is 16.8 Å². The van der Waals surface area contributed by atoms with Crippen molar-refractivity contribution in [1.29, 1.82) is 0 Å². The Balaban J connectivity index is 2.05. The lowest BCUT2D eigenvalue weighted by molar-refractivity contribution is 0.0697. The SMILES string of the molecule is CN(C(=O)Nc1ccc(C(=O)O)cc1Cl)C1CCOC1. The second-order valence-electron chi connectivity index (χ2n) is 4.56. The zero-order valence-corrected chi connectivity index (χ0v) is 11.7. The first-order valence-electron chi connectivity index (χ1n) is 6.13. The Morgan fingerprint density at radius 2 is 2.25 bits per heavy atom. The number of amides is 2. The average molecular weight is 299 g/mol. The number of ether oxygens (including phenoxy) is 1. The Labute approximate surface area is 121 Å². The highest BCUT2D eigenvalue weighted by Gasteiger charge is 2.24. The third-order valence-corrected chi connectivity index (χ3v) is 3.54. The molecular weight excluding hydrogens is 284 g/mol. The number of anilines is 1. The molecule has 0 saturated carbocycles. The van der Waals surface area contributed by atoms with E-state index in [1.165, 1.54) is 18.2 Å². The van der Waals surface area contributed by atoms with Crippen LogP contribution < -0.4 is 5.32 Å². The Hall–Kier alpha value is -1.79. The molecule has 1 heterocycles. The van der Waals surface area contributed by atoms with Crippen molar-refractivity contribution in [3.8, 4) is 0 Å². The number of carbonyl (C=O) groups is 2. The van der Waals surface area contributed by atoms with Crippen molar-refractivity contribution in [2.45, 2.75) is 12.5 Å². The Morgan fingerprint density at radius 1 is 1.50 bits per heavy atom. The molecule has 0 spiro atoms. The summed E-state index contributed by atoms with van der Waals surface area (Å²) in [5.74, 6) is -1.06. The van der Waals surface area contributed by atoms with Crippen LogP contribution in [0.2, 0.25) is 5.02 Å². The molecule has 1 saturated heterocycles. The van der Waals surface area contributed by atoms with Gasteiger partial charge in [0.15, 0.2) is 0 Å². The van der Waals surface area contributed by atoms with E-state index in [0.717, 1.165) is 6.42 Å². The normalized spacial score (nSPS) is 17.8. The molecule has 2 N–H and O–H groups in total. The van der Waals surface area contributed by atoms with E-state index in [9.17, 15) is 9.59 Å². The summed E-state index contributed by atoms with van der Waals surface area (Å²) in [4.78, 5) is 24.4. The number of carboxylic acids is 1. The smallest absolute Gasteiger partial charge is 0.335 e. The number of urea groups is 1. The van der Waals surface area contributed by atoms with E-state index in [2.05, 4.69) is 5.32 Å².